The molecular weight excluding hydrogens is 566 g/mol. The lowest BCUT2D eigenvalue weighted by atomic mass is 10.0. The van der Waals surface area contributed by atoms with Crippen LogP contribution in [-0.2, 0) is 11.4 Å². The smallest absolute Gasteiger partial charge is 0.293 e. The standard InChI is InChI=1S/C30H30BrNO5S/c1-19(2)23-11-10-20(3)14-25(23)36-13-12-32-29(33)27(38-30(32)34)17-22-15-24(31)28(26(16-22)35-4)37-18-21-8-6-5-7-9-21/h5-11,14-17,19H,12-13,18H2,1-4H3/b27-17-. The molecule has 0 aromatic heterocycles. The van der Waals surface area contributed by atoms with Gasteiger partial charge in [-0.2, -0.15) is 0 Å². The molecule has 1 saturated heterocycles. The number of carbonyl (C=O) groups excluding carboxylic acids is 2. The van der Waals surface area contributed by atoms with E-state index in [0.717, 1.165) is 34.2 Å². The average molecular weight is 597 g/mol. The summed E-state index contributed by atoms with van der Waals surface area (Å²) in [6.45, 7) is 7.00. The van der Waals surface area contributed by atoms with Crippen LogP contribution in [0.2, 0.25) is 0 Å². The fourth-order valence-corrected chi connectivity index (χ4v) is 5.47. The van der Waals surface area contributed by atoms with Gasteiger partial charge in [0.2, 0.25) is 0 Å². The number of methoxy groups -OCH3 is 1. The quantitative estimate of drug-likeness (QED) is 0.225. The third-order valence-electron chi connectivity index (χ3n) is 6.01. The summed E-state index contributed by atoms with van der Waals surface area (Å²) in [6.07, 6.45) is 1.69. The Balaban J connectivity index is 1.44. The van der Waals surface area contributed by atoms with Crippen LogP contribution in [0.1, 0.15) is 42.0 Å². The van der Waals surface area contributed by atoms with Crippen molar-refractivity contribution < 1.29 is 23.8 Å². The number of hydrogen-bond donors (Lipinski definition) is 0. The highest BCUT2D eigenvalue weighted by atomic mass is 79.9. The Morgan fingerprint density at radius 2 is 1.76 bits per heavy atom. The van der Waals surface area contributed by atoms with Crippen molar-refractivity contribution >= 4 is 44.9 Å². The summed E-state index contributed by atoms with van der Waals surface area (Å²) in [6, 6.07) is 19.6. The maximum atomic E-state index is 13.1. The lowest BCUT2D eigenvalue weighted by molar-refractivity contribution is -0.123. The van der Waals surface area contributed by atoms with Crippen molar-refractivity contribution in [2.45, 2.75) is 33.3 Å². The molecule has 0 N–H and O–H groups in total. The number of rotatable bonds is 10. The number of amides is 2. The van der Waals surface area contributed by atoms with Gasteiger partial charge in [0.15, 0.2) is 11.5 Å². The third-order valence-corrected chi connectivity index (χ3v) is 7.51. The summed E-state index contributed by atoms with van der Waals surface area (Å²) in [5, 5.41) is -0.313. The number of imide groups is 1. The first kappa shape index (κ1) is 27.8. The van der Waals surface area contributed by atoms with E-state index >= 15 is 0 Å². The Labute approximate surface area is 236 Å². The number of halogens is 1. The number of thioether (sulfide) groups is 1. The molecule has 1 aliphatic heterocycles. The number of aryl methyl sites for hydroxylation is 1. The zero-order chi connectivity index (χ0) is 27.2. The molecule has 0 aliphatic carbocycles. The molecule has 8 heteroatoms. The summed E-state index contributed by atoms with van der Waals surface area (Å²) >= 11 is 4.48. The van der Waals surface area contributed by atoms with Crippen molar-refractivity contribution in [3.05, 3.63) is 92.3 Å². The predicted molar refractivity (Wildman–Crippen MR) is 155 cm³/mol. The molecule has 0 saturated carbocycles. The van der Waals surface area contributed by atoms with E-state index in [1.807, 2.05) is 49.4 Å². The fraction of sp³-hybridized carbons (Fsp3) is 0.267. The molecule has 2 amide bonds. The highest BCUT2D eigenvalue weighted by molar-refractivity contribution is 9.10. The maximum Gasteiger partial charge on any atom is 0.293 e. The average Bonchev–Trinajstić information content (AvgIpc) is 3.15. The zero-order valence-corrected chi connectivity index (χ0v) is 24.2. The van der Waals surface area contributed by atoms with E-state index < -0.39 is 0 Å². The van der Waals surface area contributed by atoms with Crippen LogP contribution in [0.15, 0.2) is 70.0 Å². The highest BCUT2D eigenvalue weighted by Crippen LogP contribution is 2.39. The minimum Gasteiger partial charge on any atom is -0.493 e. The molecule has 0 bridgehead atoms. The molecule has 0 spiro atoms. The maximum absolute atomic E-state index is 13.1. The minimum absolute atomic E-state index is 0.173. The molecule has 0 radical (unpaired) electrons. The van der Waals surface area contributed by atoms with Gasteiger partial charge in [-0.1, -0.05) is 56.3 Å². The molecular formula is C30H30BrNO5S. The van der Waals surface area contributed by atoms with Crippen molar-refractivity contribution in [3.63, 3.8) is 0 Å². The summed E-state index contributed by atoms with van der Waals surface area (Å²) in [4.78, 5) is 27.3. The Kier molecular flexibility index (Phi) is 9.17. The molecule has 198 valence electrons. The lowest BCUT2D eigenvalue weighted by Gasteiger charge is -2.17. The molecule has 0 atom stereocenters. The predicted octanol–water partition coefficient (Wildman–Crippen LogP) is 7.58. The number of nitrogens with zero attached hydrogens (tertiary/aromatic N) is 1. The van der Waals surface area contributed by atoms with Crippen LogP contribution in [0, 0.1) is 6.92 Å². The Morgan fingerprint density at radius 3 is 2.47 bits per heavy atom. The van der Waals surface area contributed by atoms with Crippen LogP contribution in [0.4, 0.5) is 4.79 Å². The first-order chi connectivity index (χ1) is 18.3. The van der Waals surface area contributed by atoms with Gasteiger partial charge >= 0.3 is 0 Å². The van der Waals surface area contributed by atoms with Crippen LogP contribution in [-0.4, -0.2) is 36.3 Å². The van der Waals surface area contributed by atoms with Crippen LogP contribution >= 0.6 is 27.7 Å². The number of carbonyl (C=O) groups is 2. The fourth-order valence-electron chi connectivity index (χ4n) is 4.03. The van der Waals surface area contributed by atoms with Gasteiger partial charge in [-0.3, -0.25) is 14.5 Å². The summed E-state index contributed by atoms with van der Waals surface area (Å²) in [5.74, 6) is 1.84. The van der Waals surface area contributed by atoms with Crippen LogP contribution in [0.3, 0.4) is 0 Å². The van der Waals surface area contributed by atoms with Crippen molar-refractivity contribution in [2.75, 3.05) is 20.3 Å². The summed E-state index contributed by atoms with van der Waals surface area (Å²) in [5.41, 5.74) is 3.94. The van der Waals surface area contributed by atoms with Crippen LogP contribution in [0.5, 0.6) is 17.2 Å². The van der Waals surface area contributed by atoms with E-state index in [0.29, 0.717) is 39.0 Å². The number of hydrogen-bond acceptors (Lipinski definition) is 6. The Morgan fingerprint density at radius 1 is 1.00 bits per heavy atom. The van der Waals surface area contributed by atoms with Crippen molar-refractivity contribution in [1.82, 2.24) is 4.90 Å². The number of ether oxygens (including phenoxy) is 3. The van der Waals surface area contributed by atoms with Gasteiger partial charge in [0.1, 0.15) is 19.0 Å². The van der Waals surface area contributed by atoms with Crippen LogP contribution in [0.25, 0.3) is 6.08 Å². The molecule has 4 rings (SSSR count). The van der Waals surface area contributed by atoms with E-state index in [2.05, 4.69) is 41.9 Å². The van der Waals surface area contributed by atoms with Gasteiger partial charge in [0.25, 0.3) is 11.1 Å². The Hall–Kier alpha value is -3.23. The molecule has 3 aromatic carbocycles. The molecule has 6 nitrogen and oxygen atoms in total. The second-order valence-corrected chi connectivity index (χ2v) is 11.0. The summed E-state index contributed by atoms with van der Waals surface area (Å²) in [7, 11) is 1.56. The molecule has 3 aromatic rings. The third kappa shape index (κ3) is 6.60. The second kappa shape index (κ2) is 12.5. The minimum atomic E-state index is -0.337. The second-order valence-electron chi connectivity index (χ2n) is 9.19. The highest BCUT2D eigenvalue weighted by Gasteiger charge is 2.35. The summed E-state index contributed by atoms with van der Waals surface area (Å²) < 4.78 is 18.2. The lowest BCUT2D eigenvalue weighted by Crippen LogP contribution is -2.32. The van der Waals surface area contributed by atoms with E-state index in [4.69, 9.17) is 14.2 Å². The van der Waals surface area contributed by atoms with Gasteiger partial charge in [-0.25, -0.2) is 0 Å². The van der Waals surface area contributed by atoms with Gasteiger partial charge in [-0.15, -0.1) is 0 Å². The van der Waals surface area contributed by atoms with E-state index in [9.17, 15) is 9.59 Å². The van der Waals surface area contributed by atoms with Crippen molar-refractivity contribution in [1.29, 1.82) is 0 Å². The van der Waals surface area contributed by atoms with Gasteiger partial charge in [0.05, 0.1) is 23.0 Å². The molecule has 38 heavy (non-hydrogen) atoms. The largest absolute Gasteiger partial charge is 0.493 e. The van der Waals surface area contributed by atoms with E-state index in [1.165, 1.54) is 4.90 Å². The molecule has 1 fully saturated rings. The number of benzene rings is 3. The van der Waals surface area contributed by atoms with Crippen molar-refractivity contribution in [3.8, 4) is 17.2 Å². The van der Waals surface area contributed by atoms with E-state index in [1.54, 1.807) is 19.3 Å². The molecule has 1 heterocycles. The Bertz CT molecular complexity index is 1360. The molecule has 1 aliphatic rings. The SMILES string of the molecule is COc1cc(/C=C2\SC(=O)N(CCOc3cc(C)ccc3C(C)C)C2=O)cc(Br)c1OCc1ccccc1. The molecule has 0 unspecified atom stereocenters. The normalized spacial score (nSPS) is 14.5. The van der Waals surface area contributed by atoms with Crippen molar-refractivity contribution in [2.24, 2.45) is 0 Å². The van der Waals surface area contributed by atoms with Crippen LogP contribution < -0.4 is 14.2 Å². The topological polar surface area (TPSA) is 65.1 Å². The van der Waals surface area contributed by atoms with Gasteiger partial charge < -0.3 is 14.2 Å². The zero-order valence-electron chi connectivity index (χ0n) is 21.8. The first-order valence-electron chi connectivity index (χ1n) is 12.3. The van der Waals surface area contributed by atoms with Gasteiger partial charge in [-0.05, 0) is 87.1 Å². The van der Waals surface area contributed by atoms with Gasteiger partial charge in [0, 0.05) is 0 Å². The first-order valence-corrected chi connectivity index (χ1v) is 13.9. The monoisotopic (exact) mass is 595 g/mol. The van der Waals surface area contributed by atoms with E-state index in [-0.39, 0.29) is 24.3 Å².